The van der Waals surface area contributed by atoms with Gasteiger partial charge in [-0.25, -0.2) is 4.98 Å². The highest BCUT2D eigenvalue weighted by Crippen LogP contribution is 2.38. The van der Waals surface area contributed by atoms with Gasteiger partial charge in [-0.3, -0.25) is 0 Å². The van der Waals surface area contributed by atoms with Crippen molar-refractivity contribution in [3.05, 3.63) is 72.2 Å². The number of aromatic nitrogens is 2. The maximum atomic E-state index is 6.38. The van der Waals surface area contributed by atoms with E-state index < -0.39 is 0 Å². The van der Waals surface area contributed by atoms with Crippen molar-refractivity contribution in [3.63, 3.8) is 0 Å². The standard InChI is InChI=1S/C23H25N3O2/c1-17-24-22-21(26(17)14-15-27-3)12-11-20(18-8-7-13-25(2)16-18)23(22)28-19-9-5-4-6-10-19/h4-12,16H,13-15H2,1-3H3. The van der Waals surface area contributed by atoms with Gasteiger partial charge in [-0.1, -0.05) is 30.4 Å². The third kappa shape index (κ3) is 3.53. The van der Waals surface area contributed by atoms with E-state index in [9.17, 15) is 0 Å². The van der Waals surface area contributed by atoms with Gasteiger partial charge >= 0.3 is 0 Å². The average molecular weight is 375 g/mol. The number of ether oxygens (including phenoxy) is 2. The van der Waals surface area contributed by atoms with Gasteiger partial charge in [0.25, 0.3) is 0 Å². The molecule has 4 rings (SSSR count). The summed E-state index contributed by atoms with van der Waals surface area (Å²) in [4.78, 5) is 7.02. The predicted molar refractivity (Wildman–Crippen MR) is 113 cm³/mol. The van der Waals surface area contributed by atoms with Crippen LogP contribution in [0.3, 0.4) is 0 Å². The molecule has 1 aliphatic heterocycles. The van der Waals surface area contributed by atoms with Crippen LogP contribution in [0, 0.1) is 6.92 Å². The molecular weight excluding hydrogens is 350 g/mol. The highest BCUT2D eigenvalue weighted by atomic mass is 16.5. The fourth-order valence-corrected chi connectivity index (χ4v) is 3.52. The molecule has 0 amide bonds. The Morgan fingerprint density at radius 3 is 2.68 bits per heavy atom. The molecule has 5 nitrogen and oxygen atoms in total. The fourth-order valence-electron chi connectivity index (χ4n) is 3.52. The lowest BCUT2D eigenvalue weighted by atomic mass is 10.0. The van der Waals surface area contributed by atoms with Crippen LogP contribution in [0.5, 0.6) is 11.5 Å². The van der Waals surface area contributed by atoms with Crippen molar-refractivity contribution in [1.82, 2.24) is 14.5 Å². The third-order valence-corrected chi connectivity index (χ3v) is 4.91. The van der Waals surface area contributed by atoms with Crippen LogP contribution in [0.4, 0.5) is 0 Å². The largest absolute Gasteiger partial charge is 0.454 e. The monoisotopic (exact) mass is 375 g/mol. The molecule has 0 unspecified atom stereocenters. The van der Waals surface area contributed by atoms with Gasteiger partial charge in [0.2, 0.25) is 0 Å². The highest BCUT2D eigenvalue weighted by molar-refractivity contribution is 5.92. The summed E-state index contributed by atoms with van der Waals surface area (Å²) >= 11 is 0. The number of allylic oxidation sites excluding steroid dienone is 2. The summed E-state index contributed by atoms with van der Waals surface area (Å²) in [6.07, 6.45) is 6.45. The number of hydrogen-bond acceptors (Lipinski definition) is 4. The number of aryl methyl sites for hydroxylation is 1. The molecule has 0 N–H and O–H groups in total. The van der Waals surface area contributed by atoms with E-state index in [1.165, 1.54) is 0 Å². The maximum Gasteiger partial charge on any atom is 0.163 e. The average Bonchev–Trinajstić information content (AvgIpc) is 3.03. The first-order chi connectivity index (χ1) is 13.7. The molecule has 5 heteroatoms. The number of likely N-dealkylation sites (N-methyl/N-ethyl adjacent to an activating group) is 1. The molecule has 1 aromatic heterocycles. The van der Waals surface area contributed by atoms with E-state index in [1.807, 2.05) is 37.3 Å². The molecule has 0 spiro atoms. The van der Waals surface area contributed by atoms with Crippen molar-refractivity contribution in [1.29, 1.82) is 0 Å². The van der Waals surface area contributed by atoms with Crippen molar-refractivity contribution in [2.24, 2.45) is 0 Å². The van der Waals surface area contributed by atoms with Gasteiger partial charge < -0.3 is 18.9 Å². The summed E-state index contributed by atoms with van der Waals surface area (Å²) in [5.41, 5.74) is 4.08. The van der Waals surface area contributed by atoms with E-state index in [-0.39, 0.29) is 0 Å². The second-order valence-electron chi connectivity index (χ2n) is 6.95. The molecule has 0 radical (unpaired) electrons. The van der Waals surface area contributed by atoms with Crippen LogP contribution >= 0.6 is 0 Å². The van der Waals surface area contributed by atoms with E-state index in [0.717, 1.165) is 52.6 Å². The fraction of sp³-hybridized carbons (Fsp3) is 0.261. The van der Waals surface area contributed by atoms with Gasteiger partial charge in [0.05, 0.1) is 12.1 Å². The zero-order valence-electron chi connectivity index (χ0n) is 16.6. The Morgan fingerprint density at radius 2 is 1.93 bits per heavy atom. The Morgan fingerprint density at radius 1 is 1.11 bits per heavy atom. The SMILES string of the molecule is COCCn1c(C)nc2c(Oc3ccccc3)c(C3=CN(C)CC=C3)ccc21. The molecule has 144 valence electrons. The molecule has 3 aromatic rings. The van der Waals surface area contributed by atoms with Crippen LogP contribution in [-0.2, 0) is 11.3 Å². The second-order valence-corrected chi connectivity index (χ2v) is 6.95. The molecule has 2 aromatic carbocycles. The molecule has 0 saturated heterocycles. The smallest absolute Gasteiger partial charge is 0.163 e. The lowest BCUT2D eigenvalue weighted by Crippen LogP contribution is -2.13. The van der Waals surface area contributed by atoms with Crippen LogP contribution in [0.25, 0.3) is 16.6 Å². The summed E-state index contributed by atoms with van der Waals surface area (Å²) in [5, 5.41) is 0. The van der Waals surface area contributed by atoms with Gasteiger partial charge in [-0.2, -0.15) is 0 Å². The Kier molecular flexibility index (Phi) is 5.17. The zero-order valence-corrected chi connectivity index (χ0v) is 16.6. The van der Waals surface area contributed by atoms with E-state index in [1.54, 1.807) is 7.11 Å². The molecule has 1 aliphatic rings. The Balaban J connectivity index is 1.88. The number of para-hydroxylation sites is 1. The minimum atomic E-state index is 0.640. The Bertz CT molecular complexity index is 1030. The summed E-state index contributed by atoms with van der Waals surface area (Å²) in [5.74, 6) is 2.54. The minimum Gasteiger partial charge on any atom is -0.454 e. The number of imidazole rings is 1. The molecule has 0 fully saturated rings. The van der Waals surface area contributed by atoms with Crippen molar-refractivity contribution >= 4 is 16.6 Å². The number of benzene rings is 2. The van der Waals surface area contributed by atoms with Crippen molar-refractivity contribution in [2.45, 2.75) is 13.5 Å². The van der Waals surface area contributed by atoms with Gasteiger partial charge in [0, 0.05) is 44.6 Å². The zero-order chi connectivity index (χ0) is 19.5. The maximum absolute atomic E-state index is 6.38. The van der Waals surface area contributed by atoms with Gasteiger partial charge in [-0.05, 0) is 31.2 Å². The van der Waals surface area contributed by atoms with E-state index in [2.05, 4.69) is 47.0 Å². The first-order valence-corrected chi connectivity index (χ1v) is 9.48. The molecule has 2 heterocycles. The van der Waals surface area contributed by atoms with Crippen molar-refractivity contribution in [2.75, 3.05) is 27.3 Å². The topological polar surface area (TPSA) is 39.5 Å². The third-order valence-electron chi connectivity index (χ3n) is 4.91. The Labute approximate surface area is 165 Å². The summed E-state index contributed by atoms with van der Waals surface area (Å²) in [6.45, 7) is 4.33. The van der Waals surface area contributed by atoms with Crippen LogP contribution < -0.4 is 4.74 Å². The number of rotatable bonds is 6. The Hall–Kier alpha value is -3.05. The summed E-state index contributed by atoms with van der Waals surface area (Å²) < 4.78 is 13.8. The second kappa shape index (κ2) is 7.90. The van der Waals surface area contributed by atoms with Gasteiger partial charge in [0.1, 0.15) is 17.1 Å². The molecule has 0 aliphatic carbocycles. The van der Waals surface area contributed by atoms with Gasteiger partial charge in [-0.15, -0.1) is 0 Å². The first-order valence-electron chi connectivity index (χ1n) is 9.48. The van der Waals surface area contributed by atoms with E-state index >= 15 is 0 Å². The molecule has 0 bridgehead atoms. The highest BCUT2D eigenvalue weighted by Gasteiger charge is 2.19. The number of nitrogens with zero attached hydrogens (tertiary/aromatic N) is 3. The van der Waals surface area contributed by atoms with Crippen LogP contribution in [0.1, 0.15) is 11.4 Å². The van der Waals surface area contributed by atoms with Crippen molar-refractivity contribution < 1.29 is 9.47 Å². The molecule has 0 saturated carbocycles. The number of hydrogen-bond donors (Lipinski definition) is 0. The summed E-state index contributed by atoms with van der Waals surface area (Å²) in [7, 11) is 3.79. The molecule has 0 atom stereocenters. The van der Waals surface area contributed by atoms with Crippen LogP contribution in [0.2, 0.25) is 0 Å². The number of fused-ring (bicyclic) bond motifs is 1. The number of methoxy groups -OCH3 is 1. The van der Waals surface area contributed by atoms with Gasteiger partial charge in [0.15, 0.2) is 5.75 Å². The summed E-state index contributed by atoms with van der Waals surface area (Å²) in [6, 6.07) is 14.1. The van der Waals surface area contributed by atoms with Crippen LogP contribution in [0.15, 0.2) is 60.8 Å². The first kappa shape index (κ1) is 18.3. The van der Waals surface area contributed by atoms with Crippen molar-refractivity contribution in [3.8, 4) is 11.5 Å². The lowest BCUT2D eigenvalue weighted by Gasteiger charge is -2.20. The predicted octanol–water partition coefficient (Wildman–Crippen LogP) is 4.63. The van der Waals surface area contributed by atoms with Crippen LogP contribution in [-0.4, -0.2) is 41.8 Å². The normalized spacial score (nSPS) is 13.8. The van der Waals surface area contributed by atoms with E-state index in [4.69, 9.17) is 14.5 Å². The lowest BCUT2D eigenvalue weighted by molar-refractivity contribution is 0.187. The molecular formula is C23H25N3O2. The molecule has 28 heavy (non-hydrogen) atoms. The van der Waals surface area contributed by atoms with E-state index in [0.29, 0.717) is 6.61 Å². The quantitative estimate of drug-likeness (QED) is 0.630. The minimum absolute atomic E-state index is 0.640.